The van der Waals surface area contributed by atoms with E-state index < -0.39 is 10.2 Å². The predicted molar refractivity (Wildman–Crippen MR) is 63.5 cm³/mol. The lowest BCUT2D eigenvalue weighted by molar-refractivity contribution is 0.541. The van der Waals surface area contributed by atoms with E-state index in [1.807, 2.05) is 6.92 Å². The van der Waals surface area contributed by atoms with E-state index in [4.69, 9.17) is 0 Å². The monoisotopic (exact) mass is 257 g/mol. The molecular weight excluding hydrogens is 238 g/mol. The molecule has 1 rings (SSSR count). The van der Waals surface area contributed by atoms with Crippen LogP contribution in [0.3, 0.4) is 0 Å². The molecule has 0 aliphatic carbocycles. The zero-order chi connectivity index (χ0) is 10.4. The van der Waals surface area contributed by atoms with Crippen molar-refractivity contribution in [1.29, 1.82) is 0 Å². The molecule has 1 aliphatic rings. The largest absolute Gasteiger partial charge is 0.313 e. The van der Waals surface area contributed by atoms with Crippen LogP contribution in [0.25, 0.3) is 0 Å². The van der Waals surface area contributed by atoms with Gasteiger partial charge >= 0.3 is 0 Å². The first kappa shape index (κ1) is 15.1. The summed E-state index contributed by atoms with van der Waals surface area (Å²) in [5.74, 6) is 0. The maximum atomic E-state index is 11.3. The zero-order valence-electron chi connectivity index (χ0n) is 8.95. The summed E-state index contributed by atoms with van der Waals surface area (Å²) >= 11 is 0. The molecule has 5 nitrogen and oxygen atoms in total. The second kappa shape index (κ2) is 7.40. The van der Waals surface area contributed by atoms with Crippen molar-refractivity contribution in [3.8, 4) is 0 Å². The van der Waals surface area contributed by atoms with E-state index in [0.717, 1.165) is 25.8 Å². The Hall–Kier alpha value is 0.120. The Bertz CT molecular complexity index is 253. The van der Waals surface area contributed by atoms with Gasteiger partial charge in [0, 0.05) is 19.1 Å². The quantitative estimate of drug-likeness (QED) is 0.627. The summed E-state index contributed by atoms with van der Waals surface area (Å²) in [5.41, 5.74) is 0. The minimum Gasteiger partial charge on any atom is -0.313 e. The second-order valence-electron chi connectivity index (χ2n) is 3.54. The van der Waals surface area contributed by atoms with Gasteiger partial charge in [0.2, 0.25) is 0 Å². The van der Waals surface area contributed by atoms with Crippen molar-refractivity contribution in [2.75, 3.05) is 19.6 Å². The highest BCUT2D eigenvalue weighted by molar-refractivity contribution is 7.87. The van der Waals surface area contributed by atoms with Gasteiger partial charge in [-0.1, -0.05) is 6.92 Å². The minimum atomic E-state index is -3.27. The van der Waals surface area contributed by atoms with Gasteiger partial charge in [-0.25, -0.2) is 9.44 Å². The summed E-state index contributed by atoms with van der Waals surface area (Å²) in [4.78, 5) is 0. The molecule has 3 N–H and O–H groups in total. The van der Waals surface area contributed by atoms with Gasteiger partial charge in [-0.3, -0.25) is 0 Å². The molecule has 15 heavy (non-hydrogen) atoms. The minimum absolute atomic E-state index is 0. The third-order valence-corrected chi connectivity index (χ3v) is 3.36. The average molecular weight is 258 g/mol. The summed E-state index contributed by atoms with van der Waals surface area (Å²) in [5, 5.41) is 3.23. The van der Waals surface area contributed by atoms with Crippen molar-refractivity contribution in [1.82, 2.24) is 14.8 Å². The number of nitrogens with one attached hydrogen (secondary N) is 3. The second-order valence-corrected chi connectivity index (χ2v) is 5.12. The molecule has 0 aromatic heterocycles. The molecule has 1 saturated heterocycles. The van der Waals surface area contributed by atoms with Crippen LogP contribution >= 0.6 is 12.4 Å². The van der Waals surface area contributed by atoms with E-state index in [1.54, 1.807) is 0 Å². The van der Waals surface area contributed by atoms with Crippen molar-refractivity contribution in [2.45, 2.75) is 32.2 Å². The van der Waals surface area contributed by atoms with Crippen molar-refractivity contribution < 1.29 is 8.42 Å². The van der Waals surface area contributed by atoms with Crippen molar-refractivity contribution in [2.24, 2.45) is 0 Å². The summed E-state index contributed by atoms with van der Waals surface area (Å²) < 4.78 is 27.6. The van der Waals surface area contributed by atoms with Gasteiger partial charge in [0.05, 0.1) is 0 Å². The summed E-state index contributed by atoms with van der Waals surface area (Å²) in [6.45, 7) is 3.91. The van der Waals surface area contributed by atoms with Gasteiger partial charge in [-0.15, -0.1) is 12.4 Å². The van der Waals surface area contributed by atoms with E-state index in [0.29, 0.717) is 19.1 Å². The van der Waals surface area contributed by atoms with Crippen LogP contribution in [0, 0.1) is 0 Å². The molecule has 1 aliphatic heterocycles. The molecule has 1 fully saturated rings. The smallest absolute Gasteiger partial charge is 0.276 e. The molecule has 1 heterocycles. The maximum Gasteiger partial charge on any atom is 0.276 e. The van der Waals surface area contributed by atoms with Crippen LogP contribution in [0.4, 0.5) is 0 Å². The van der Waals surface area contributed by atoms with Crippen LogP contribution < -0.4 is 14.8 Å². The normalized spacial score (nSPS) is 21.3. The highest BCUT2D eigenvalue weighted by atomic mass is 35.5. The van der Waals surface area contributed by atoms with Crippen LogP contribution in [-0.4, -0.2) is 34.1 Å². The standard InChI is InChI=1S/C8H19N3O2S.ClH/c1-2-5-10-14(12,13)11-7-8-4-3-6-9-8;/h8-11H,2-7H2,1H3;1H. The topological polar surface area (TPSA) is 70.2 Å². The van der Waals surface area contributed by atoms with Gasteiger partial charge in [-0.05, 0) is 25.8 Å². The Morgan fingerprint density at radius 1 is 1.40 bits per heavy atom. The average Bonchev–Trinajstić information content (AvgIpc) is 2.64. The lowest BCUT2D eigenvalue weighted by atomic mass is 10.2. The van der Waals surface area contributed by atoms with Crippen LogP contribution in [0.2, 0.25) is 0 Å². The number of hydrogen-bond donors (Lipinski definition) is 3. The van der Waals surface area contributed by atoms with Crippen LogP contribution in [0.15, 0.2) is 0 Å². The molecule has 92 valence electrons. The van der Waals surface area contributed by atoms with Gasteiger partial charge in [-0.2, -0.15) is 8.42 Å². The Morgan fingerprint density at radius 3 is 2.67 bits per heavy atom. The lowest BCUT2D eigenvalue weighted by Gasteiger charge is -2.12. The SMILES string of the molecule is CCCNS(=O)(=O)NCC1CCCN1.Cl. The fourth-order valence-corrected chi connectivity index (χ4v) is 2.42. The highest BCUT2D eigenvalue weighted by Gasteiger charge is 2.16. The molecule has 1 unspecified atom stereocenters. The number of halogens is 1. The van der Waals surface area contributed by atoms with E-state index in [9.17, 15) is 8.42 Å². The Labute approximate surface area is 98.0 Å². The molecular formula is C8H20ClN3O2S. The Morgan fingerprint density at radius 2 is 2.13 bits per heavy atom. The lowest BCUT2D eigenvalue weighted by Crippen LogP contribution is -2.43. The van der Waals surface area contributed by atoms with Gasteiger partial charge in [0.15, 0.2) is 0 Å². The van der Waals surface area contributed by atoms with Gasteiger partial charge in [0.1, 0.15) is 0 Å². The van der Waals surface area contributed by atoms with Gasteiger partial charge < -0.3 is 5.32 Å². The number of hydrogen-bond acceptors (Lipinski definition) is 3. The Balaban J connectivity index is 0.00000196. The van der Waals surface area contributed by atoms with Crippen LogP contribution in [0.5, 0.6) is 0 Å². The Kier molecular flexibility index (Phi) is 7.46. The predicted octanol–water partition coefficient (Wildman–Crippen LogP) is -0.00580. The molecule has 0 bridgehead atoms. The van der Waals surface area contributed by atoms with Crippen molar-refractivity contribution >= 4 is 22.6 Å². The third-order valence-electron chi connectivity index (χ3n) is 2.22. The highest BCUT2D eigenvalue weighted by Crippen LogP contribution is 2.03. The van der Waals surface area contributed by atoms with Crippen LogP contribution in [0.1, 0.15) is 26.2 Å². The molecule has 0 radical (unpaired) electrons. The zero-order valence-corrected chi connectivity index (χ0v) is 10.6. The van der Waals surface area contributed by atoms with E-state index in [2.05, 4.69) is 14.8 Å². The molecule has 0 aromatic carbocycles. The maximum absolute atomic E-state index is 11.3. The fraction of sp³-hybridized carbons (Fsp3) is 1.00. The fourth-order valence-electron chi connectivity index (χ4n) is 1.43. The van der Waals surface area contributed by atoms with E-state index in [-0.39, 0.29) is 12.4 Å². The summed E-state index contributed by atoms with van der Waals surface area (Å²) in [6.07, 6.45) is 2.99. The molecule has 0 spiro atoms. The molecule has 7 heteroatoms. The first-order valence-electron chi connectivity index (χ1n) is 5.11. The number of rotatable bonds is 6. The molecule has 1 atom stereocenters. The van der Waals surface area contributed by atoms with Gasteiger partial charge in [0.25, 0.3) is 10.2 Å². The van der Waals surface area contributed by atoms with Crippen molar-refractivity contribution in [3.05, 3.63) is 0 Å². The molecule has 0 aromatic rings. The molecule has 0 amide bonds. The molecule has 0 saturated carbocycles. The third kappa shape index (κ3) is 6.32. The summed E-state index contributed by atoms with van der Waals surface area (Å²) in [7, 11) is -3.27. The van der Waals surface area contributed by atoms with Crippen LogP contribution in [-0.2, 0) is 10.2 Å². The first-order chi connectivity index (χ1) is 6.64. The summed E-state index contributed by atoms with van der Waals surface area (Å²) in [6, 6.07) is 0.299. The first-order valence-corrected chi connectivity index (χ1v) is 6.60. The van der Waals surface area contributed by atoms with E-state index >= 15 is 0 Å². The van der Waals surface area contributed by atoms with E-state index in [1.165, 1.54) is 0 Å². The van der Waals surface area contributed by atoms with Crippen molar-refractivity contribution in [3.63, 3.8) is 0 Å².